The number of hydrogen-bond acceptors (Lipinski definition) is 0. The number of rotatable bonds is 1. The van der Waals surface area contributed by atoms with Crippen LogP contribution in [0.4, 0.5) is 13.2 Å². The number of hydrogen-bond donors (Lipinski definition) is 0. The van der Waals surface area contributed by atoms with E-state index < -0.39 is 12.6 Å². The van der Waals surface area contributed by atoms with E-state index in [-0.39, 0.29) is 5.56 Å². The fourth-order valence-electron chi connectivity index (χ4n) is 0.881. The highest BCUT2D eigenvalue weighted by Gasteiger charge is 2.28. The van der Waals surface area contributed by atoms with Gasteiger partial charge in [-0.05, 0) is 40.3 Å². The van der Waals surface area contributed by atoms with Crippen molar-refractivity contribution in [3.8, 4) is 0 Å². The molecule has 0 aromatic heterocycles. The van der Waals surface area contributed by atoms with Gasteiger partial charge in [0, 0.05) is 8.04 Å². The average molecular weight is 365 g/mol. The molecule has 0 aliphatic heterocycles. The first-order valence-corrected chi connectivity index (χ1v) is 5.26. The monoisotopic (exact) mass is 364 g/mol. The van der Waals surface area contributed by atoms with E-state index >= 15 is 0 Å². The van der Waals surface area contributed by atoms with Gasteiger partial charge >= 0.3 is 6.18 Å². The molecule has 0 bridgehead atoms. The molecule has 0 fully saturated rings. The standard InChI is InChI=1S/C8H5BrF3I/c9-7-3-6(13)2-1-5(7)4-8(10,11)12/h1-3H,4H2. The lowest BCUT2D eigenvalue weighted by atomic mass is 10.1. The topological polar surface area (TPSA) is 0 Å². The first kappa shape index (κ1) is 11.3. The lowest BCUT2D eigenvalue weighted by Crippen LogP contribution is -2.11. The van der Waals surface area contributed by atoms with Gasteiger partial charge in [0.1, 0.15) is 0 Å². The maximum absolute atomic E-state index is 12.0. The molecular weight excluding hydrogens is 360 g/mol. The smallest absolute Gasteiger partial charge is 0.171 e. The zero-order chi connectivity index (χ0) is 10.1. The minimum Gasteiger partial charge on any atom is -0.171 e. The molecule has 1 aromatic rings. The largest absolute Gasteiger partial charge is 0.393 e. The Morgan fingerprint density at radius 3 is 2.38 bits per heavy atom. The molecule has 1 aromatic carbocycles. The fraction of sp³-hybridized carbons (Fsp3) is 0.250. The van der Waals surface area contributed by atoms with E-state index in [1.54, 1.807) is 12.1 Å². The maximum Gasteiger partial charge on any atom is 0.393 e. The van der Waals surface area contributed by atoms with E-state index in [2.05, 4.69) is 15.9 Å². The Hall–Kier alpha value is 0.220. The van der Waals surface area contributed by atoms with Crippen molar-refractivity contribution in [2.75, 3.05) is 0 Å². The molecule has 0 spiro atoms. The molecule has 0 atom stereocenters. The Morgan fingerprint density at radius 1 is 1.31 bits per heavy atom. The van der Waals surface area contributed by atoms with Gasteiger partial charge in [0.05, 0.1) is 6.42 Å². The van der Waals surface area contributed by atoms with Crippen molar-refractivity contribution >= 4 is 38.5 Å². The molecule has 5 heteroatoms. The van der Waals surface area contributed by atoms with Gasteiger partial charge in [0.25, 0.3) is 0 Å². The molecule has 0 amide bonds. The summed E-state index contributed by atoms with van der Waals surface area (Å²) in [5, 5.41) is 0. The molecule has 72 valence electrons. The van der Waals surface area contributed by atoms with Crippen molar-refractivity contribution in [2.24, 2.45) is 0 Å². The van der Waals surface area contributed by atoms with E-state index in [4.69, 9.17) is 0 Å². The summed E-state index contributed by atoms with van der Waals surface area (Å²) in [6, 6.07) is 4.81. The predicted molar refractivity (Wildman–Crippen MR) is 56.6 cm³/mol. The van der Waals surface area contributed by atoms with Crippen molar-refractivity contribution in [2.45, 2.75) is 12.6 Å². The normalized spacial score (nSPS) is 11.8. The molecular formula is C8H5BrF3I. The number of halogens is 5. The van der Waals surface area contributed by atoms with Gasteiger partial charge in [-0.3, -0.25) is 0 Å². The van der Waals surface area contributed by atoms with Gasteiger partial charge < -0.3 is 0 Å². The highest BCUT2D eigenvalue weighted by atomic mass is 127. The minimum absolute atomic E-state index is 0.271. The summed E-state index contributed by atoms with van der Waals surface area (Å²) in [4.78, 5) is 0. The van der Waals surface area contributed by atoms with Gasteiger partial charge in [-0.25, -0.2) is 0 Å². The van der Waals surface area contributed by atoms with Crippen LogP contribution in [0.1, 0.15) is 5.56 Å². The van der Waals surface area contributed by atoms with Crippen molar-refractivity contribution in [3.63, 3.8) is 0 Å². The third-order valence-electron chi connectivity index (χ3n) is 1.41. The van der Waals surface area contributed by atoms with Crippen molar-refractivity contribution in [1.82, 2.24) is 0 Å². The summed E-state index contributed by atoms with van der Waals surface area (Å²) < 4.78 is 37.4. The van der Waals surface area contributed by atoms with Gasteiger partial charge in [-0.2, -0.15) is 13.2 Å². The fourth-order valence-corrected chi connectivity index (χ4v) is 2.32. The Labute approximate surface area is 95.8 Å². The van der Waals surface area contributed by atoms with Gasteiger partial charge in [0.2, 0.25) is 0 Å². The Balaban J connectivity index is 2.90. The summed E-state index contributed by atoms with van der Waals surface area (Å²) >= 11 is 5.14. The molecule has 1 rings (SSSR count). The summed E-state index contributed by atoms with van der Waals surface area (Å²) in [5.41, 5.74) is 0.271. The quantitative estimate of drug-likeness (QED) is 0.656. The van der Waals surface area contributed by atoms with Crippen LogP contribution in [0.25, 0.3) is 0 Å². The van der Waals surface area contributed by atoms with Crippen molar-refractivity contribution < 1.29 is 13.2 Å². The third kappa shape index (κ3) is 3.84. The second kappa shape index (κ2) is 4.16. The molecule has 0 radical (unpaired) electrons. The van der Waals surface area contributed by atoms with Crippen LogP contribution in [-0.2, 0) is 6.42 Å². The second-order valence-electron chi connectivity index (χ2n) is 2.53. The first-order valence-electron chi connectivity index (χ1n) is 3.39. The zero-order valence-corrected chi connectivity index (χ0v) is 10.1. The molecule has 0 heterocycles. The van der Waals surface area contributed by atoms with E-state index in [0.29, 0.717) is 4.47 Å². The molecule has 0 nitrogen and oxygen atoms in total. The Kier molecular flexibility index (Phi) is 3.62. The Bertz CT molecular complexity index is 309. The Morgan fingerprint density at radius 2 is 1.92 bits per heavy atom. The molecule has 13 heavy (non-hydrogen) atoms. The summed E-state index contributed by atoms with van der Waals surface area (Å²) in [5.74, 6) is 0. The number of alkyl halides is 3. The van der Waals surface area contributed by atoms with E-state index in [1.165, 1.54) is 6.07 Å². The van der Waals surface area contributed by atoms with Gasteiger partial charge in [-0.15, -0.1) is 0 Å². The summed E-state index contributed by atoms with van der Waals surface area (Å²) in [6.45, 7) is 0. The second-order valence-corrected chi connectivity index (χ2v) is 4.63. The molecule has 0 saturated carbocycles. The lowest BCUT2D eigenvalue weighted by molar-refractivity contribution is -0.127. The van der Waals surface area contributed by atoms with E-state index in [9.17, 15) is 13.2 Å². The summed E-state index contributed by atoms with van der Waals surface area (Å²) in [7, 11) is 0. The maximum atomic E-state index is 12.0. The predicted octanol–water partition coefficient (Wildman–Crippen LogP) is 4.16. The van der Waals surface area contributed by atoms with Crippen LogP contribution in [0.5, 0.6) is 0 Å². The molecule has 0 aliphatic rings. The molecule has 0 unspecified atom stereocenters. The molecule has 0 saturated heterocycles. The van der Waals surface area contributed by atoms with Crippen molar-refractivity contribution in [1.29, 1.82) is 0 Å². The van der Waals surface area contributed by atoms with Gasteiger partial charge in [-0.1, -0.05) is 22.0 Å². The van der Waals surface area contributed by atoms with Crippen LogP contribution in [0.15, 0.2) is 22.7 Å². The van der Waals surface area contributed by atoms with Gasteiger partial charge in [0.15, 0.2) is 0 Å². The average Bonchev–Trinajstić information content (AvgIpc) is 1.93. The minimum atomic E-state index is -4.14. The lowest BCUT2D eigenvalue weighted by Gasteiger charge is -2.08. The van der Waals surface area contributed by atoms with Crippen LogP contribution in [0.2, 0.25) is 0 Å². The van der Waals surface area contributed by atoms with E-state index in [1.807, 2.05) is 22.6 Å². The van der Waals surface area contributed by atoms with Crippen LogP contribution in [-0.4, -0.2) is 6.18 Å². The van der Waals surface area contributed by atoms with Crippen LogP contribution in [0, 0.1) is 3.57 Å². The van der Waals surface area contributed by atoms with Crippen LogP contribution >= 0.6 is 38.5 Å². The highest BCUT2D eigenvalue weighted by Crippen LogP contribution is 2.27. The molecule has 0 N–H and O–H groups in total. The van der Waals surface area contributed by atoms with E-state index in [0.717, 1.165) is 3.57 Å². The summed E-state index contributed by atoms with van der Waals surface area (Å²) in [6.07, 6.45) is -5.03. The molecule has 0 aliphatic carbocycles. The van der Waals surface area contributed by atoms with Crippen LogP contribution < -0.4 is 0 Å². The number of benzene rings is 1. The highest BCUT2D eigenvalue weighted by molar-refractivity contribution is 14.1. The third-order valence-corrected chi connectivity index (χ3v) is 2.82. The zero-order valence-electron chi connectivity index (χ0n) is 6.33. The SMILES string of the molecule is FC(F)(F)Cc1ccc(I)cc1Br. The van der Waals surface area contributed by atoms with Crippen LogP contribution in [0.3, 0.4) is 0 Å². The van der Waals surface area contributed by atoms with Crippen molar-refractivity contribution in [3.05, 3.63) is 31.8 Å². The first-order chi connectivity index (χ1) is 5.88.